The minimum Gasteiger partial charge on any atom is -0.384 e. The number of pyridine rings is 1. The third-order valence-corrected chi connectivity index (χ3v) is 6.28. The van der Waals surface area contributed by atoms with Crippen LogP contribution in [0.1, 0.15) is 6.92 Å². The fraction of sp³-hybridized carbons (Fsp3) is 0.500. The highest BCUT2D eigenvalue weighted by atomic mass is 16.5. The lowest BCUT2D eigenvalue weighted by Crippen LogP contribution is -2.48. The second-order valence-electron chi connectivity index (χ2n) is 8.40. The highest BCUT2D eigenvalue weighted by Crippen LogP contribution is 2.28. The van der Waals surface area contributed by atoms with Crippen LogP contribution in [0.5, 0.6) is 0 Å². The Morgan fingerprint density at radius 2 is 1.82 bits per heavy atom. The van der Waals surface area contributed by atoms with Gasteiger partial charge < -0.3 is 20.3 Å². The zero-order valence-electron chi connectivity index (χ0n) is 18.9. The maximum atomic E-state index is 11.6. The molecule has 3 aromatic heterocycles. The van der Waals surface area contributed by atoms with Gasteiger partial charge in [-0.3, -0.25) is 9.69 Å². The molecule has 0 unspecified atom stereocenters. The number of morpholine rings is 1. The Morgan fingerprint density at radius 1 is 1.03 bits per heavy atom. The summed E-state index contributed by atoms with van der Waals surface area (Å²) < 4.78 is 7.46. The molecular weight excluding hydrogens is 422 g/mol. The molecular formula is C22H29N9O2. The van der Waals surface area contributed by atoms with E-state index in [1.54, 1.807) is 19.2 Å². The van der Waals surface area contributed by atoms with Crippen LogP contribution < -0.4 is 10.6 Å². The third kappa shape index (κ3) is 4.60. The van der Waals surface area contributed by atoms with Gasteiger partial charge in [-0.25, -0.2) is 14.6 Å². The molecule has 0 radical (unpaired) electrons. The van der Waals surface area contributed by atoms with E-state index in [9.17, 15) is 4.79 Å². The van der Waals surface area contributed by atoms with E-state index < -0.39 is 0 Å². The molecule has 1 amide bonds. The molecule has 5 heterocycles. The van der Waals surface area contributed by atoms with Crippen LogP contribution in [0.2, 0.25) is 0 Å². The van der Waals surface area contributed by atoms with Crippen molar-refractivity contribution in [2.75, 3.05) is 69.7 Å². The summed E-state index contributed by atoms with van der Waals surface area (Å²) in [5.74, 6) is 1.29. The van der Waals surface area contributed by atoms with Crippen molar-refractivity contribution in [1.82, 2.24) is 34.5 Å². The maximum absolute atomic E-state index is 11.6. The number of rotatable bonds is 5. The van der Waals surface area contributed by atoms with Crippen LogP contribution in [0.15, 0.2) is 24.5 Å². The molecule has 0 atom stereocenters. The van der Waals surface area contributed by atoms with E-state index in [1.165, 1.54) is 0 Å². The van der Waals surface area contributed by atoms with Gasteiger partial charge in [0.2, 0.25) is 11.9 Å². The SMILES string of the molecule is CC(=O)N1CCN(CCn2ncc3c(-c4ccc(N)nc4)nc(N4CCOCC4)nc32)CC1. The molecule has 3 aromatic rings. The zero-order valence-corrected chi connectivity index (χ0v) is 18.9. The summed E-state index contributed by atoms with van der Waals surface area (Å²) >= 11 is 0. The van der Waals surface area contributed by atoms with E-state index in [-0.39, 0.29) is 5.91 Å². The number of hydrogen-bond donors (Lipinski definition) is 1. The van der Waals surface area contributed by atoms with Crippen molar-refractivity contribution in [2.45, 2.75) is 13.5 Å². The van der Waals surface area contributed by atoms with Crippen LogP contribution in [0.25, 0.3) is 22.3 Å². The molecule has 2 aliphatic heterocycles. The van der Waals surface area contributed by atoms with Crippen LogP contribution in [0, 0.1) is 0 Å². The summed E-state index contributed by atoms with van der Waals surface area (Å²) in [6.45, 7) is 9.28. The summed E-state index contributed by atoms with van der Waals surface area (Å²) in [5, 5.41) is 5.54. The van der Waals surface area contributed by atoms with Gasteiger partial charge in [-0.15, -0.1) is 0 Å². The Labute approximate surface area is 192 Å². The Bertz CT molecular complexity index is 1120. The van der Waals surface area contributed by atoms with E-state index in [1.807, 2.05) is 21.8 Å². The van der Waals surface area contributed by atoms with Crippen molar-refractivity contribution in [3.8, 4) is 11.3 Å². The first kappa shape index (κ1) is 21.5. The summed E-state index contributed by atoms with van der Waals surface area (Å²) in [5.41, 5.74) is 8.28. The molecule has 2 saturated heterocycles. The lowest BCUT2D eigenvalue weighted by molar-refractivity contribution is -0.130. The molecule has 2 fully saturated rings. The molecule has 0 bridgehead atoms. The van der Waals surface area contributed by atoms with E-state index in [0.717, 1.165) is 68.1 Å². The largest absolute Gasteiger partial charge is 0.384 e. The number of carbonyl (C=O) groups is 1. The maximum Gasteiger partial charge on any atom is 0.228 e. The van der Waals surface area contributed by atoms with E-state index in [0.29, 0.717) is 31.5 Å². The molecule has 174 valence electrons. The van der Waals surface area contributed by atoms with E-state index >= 15 is 0 Å². The fourth-order valence-corrected chi connectivity index (χ4v) is 4.30. The molecule has 0 aliphatic carbocycles. The molecule has 0 spiro atoms. The van der Waals surface area contributed by atoms with E-state index in [4.69, 9.17) is 20.4 Å². The molecule has 11 nitrogen and oxygen atoms in total. The van der Waals surface area contributed by atoms with E-state index in [2.05, 4.69) is 19.9 Å². The molecule has 2 aliphatic rings. The highest BCUT2D eigenvalue weighted by Gasteiger charge is 2.22. The number of fused-ring (bicyclic) bond motifs is 1. The van der Waals surface area contributed by atoms with Gasteiger partial charge in [-0.05, 0) is 12.1 Å². The van der Waals surface area contributed by atoms with Gasteiger partial charge in [0.15, 0.2) is 5.65 Å². The Kier molecular flexibility index (Phi) is 6.05. The molecule has 0 saturated carbocycles. The zero-order chi connectivity index (χ0) is 22.8. The Balaban J connectivity index is 1.43. The second-order valence-corrected chi connectivity index (χ2v) is 8.40. The van der Waals surface area contributed by atoms with Crippen LogP contribution >= 0.6 is 0 Å². The molecule has 2 N–H and O–H groups in total. The Morgan fingerprint density at radius 3 is 2.52 bits per heavy atom. The lowest BCUT2D eigenvalue weighted by atomic mass is 10.1. The van der Waals surface area contributed by atoms with Gasteiger partial charge in [-0.2, -0.15) is 10.1 Å². The summed E-state index contributed by atoms with van der Waals surface area (Å²) in [7, 11) is 0. The number of carbonyl (C=O) groups excluding carboxylic acids is 1. The molecule has 0 aromatic carbocycles. The van der Waals surface area contributed by atoms with Crippen molar-refractivity contribution in [3.63, 3.8) is 0 Å². The first-order valence-electron chi connectivity index (χ1n) is 11.3. The van der Waals surface area contributed by atoms with Gasteiger partial charge in [0.25, 0.3) is 0 Å². The summed E-state index contributed by atoms with van der Waals surface area (Å²) in [6.07, 6.45) is 3.57. The van der Waals surface area contributed by atoms with Crippen molar-refractivity contribution in [1.29, 1.82) is 0 Å². The average molecular weight is 452 g/mol. The first-order valence-corrected chi connectivity index (χ1v) is 11.3. The van der Waals surface area contributed by atoms with Gasteiger partial charge in [0.05, 0.1) is 37.0 Å². The minimum absolute atomic E-state index is 0.143. The van der Waals surface area contributed by atoms with Crippen molar-refractivity contribution in [3.05, 3.63) is 24.5 Å². The molecule has 11 heteroatoms. The number of aromatic nitrogens is 5. The number of nitrogens with two attached hydrogens (primary N) is 1. The third-order valence-electron chi connectivity index (χ3n) is 6.28. The standard InChI is InChI=1S/C22H29N9O2/c1-16(32)29-7-4-28(5-8-29)6-9-31-21-18(15-25-31)20(17-2-3-19(23)24-14-17)26-22(27-21)30-10-12-33-13-11-30/h2-3,14-15H,4-13H2,1H3,(H2,23,24). The predicted molar refractivity (Wildman–Crippen MR) is 125 cm³/mol. The smallest absolute Gasteiger partial charge is 0.228 e. The lowest BCUT2D eigenvalue weighted by Gasteiger charge is -2.34. The number of piperazine rings is 1. The number of nitrogens with zero attached hydrogens (tertiary/aromatic N) is 8. The number of nitrogen functional groups attached to an aromatic ring is 1. The minimum atomic E-state index is 0.143. The van der Waals surface area contributed by atoms with Crippen molar-refractivity contribution < 1.29 is 9.53 Å². The first-order chi connectivity index (χ1) is 16.1. The van der Waals surface area contributed by atoms with Crippen LogP contribution in [-0.2, 0) is 16.1 Å². The highest BCUT2D eigenvalue weighted by molar-refractivity contribution is 5.91. The monoisotopic (exact) mass is 451 g/mol. The number of hydrogen-bond acceptors (Lipinski definition) is 9. The fourth-order valence-electron chi connectivity index (χ4n) is 4.30. The molecule has 5 rings (SSSR count). The van der Waals surface area contributed by atoms with Crippen molar-refractivity contribution >= 4 is 28.7 Å². The number of amides is 1. The number of anilines is 2. The summed E-state index contributed by atoms with van der Waals surface area (Å²) in [6, 6.07) is 3.71. The van der Waals surface area contributed by atoms with Gasteiger partial charge in [0, 0.05) is 64.5 Å². The second kappa shape index (κ2) is 9.28. The van der Waals surface area contributed by atoms with Gasteiger partial charge >= 0.3 is 0 Å². The van der Waals surface area contributed by atoms with Crippen LogP contribution in [0.3, 0.4) is 0 Å². The Hall–Kier alpha value is -3.31. The normalized spacial score (nSPS) is 17.6. The predicted octanol–water partition coefficient (Wildman–Crippen LogP) is 0.471. The van der Waals surface area contributed by atoms with Crippen molar-refractivity contribution in [2.24, 2.45) is 0 Å². The van der Waals surface area contributed by atoms with Crippen LogP contribution in [-0.4, -0.2) is 99.5 Å². The van der Waals surface area contributed by atoms with Gasteiger partial charge in [0.1, 0.15) is 5.82 Å². The average Bonchev–Trinajstić information content (AvgIpc) is 3.26. The van der Waals surface area contributed by atoms with Gasteiger partial charge in [-0.1, -0.05) is 0 Å². The quantitative estimate of drug-likeness (QED) is 0.590. The number of ether oxygens (including phenoxy) is 1. The topological polar surface area (TPSA) is 119 Å². The van der Waals surface area contributed by atoms with Crippen LogP contribution in [0.4, 0.5) is 11.8 Å². The molecule has 33 heavy (non-hydrogen) atoms. The summed E-state index contributed by atoms with van der Waals surface area (Å²) in [4.78, 5) is 32.0.